The molecule has 29 heavy (non-hydrogen) atoms. The Kier molecular flexibility index (Phi) is 7.13. The Morgan fingerprint density at radius 3 is 2.17 bits per heavy atom. The van der Waals surface area contributed by atoms with Crippen LogP contribution in [0.4, 0.5) is 0 Å². The van der Waals surface area contributed by atoms with Crippen LogP contribution in [0.2, 0.25) is 5.02 Å². The van der Waals surface area contributed by atoms with E-state index in [0.717, 1.165) is 37.1 Å². The first-order chi connectivity index (χ1) is 14.0. The quantitative estimate of drug-likeness (QED) is 0.670. The first-order valence-corrected chi connectivity index (χ1v) is 10.3. The summed E-state index contributed by atoms with van der Waals surface area (Å²) >= 11 is 6.08. The molecule has 3 unspecified atom stereocenters. The molecular formula is C23H25ClN2O3. The number of phenols is 1. The van der Waals surface area contributed by atoms with Crippen molar-refractivity contribution in [1.29, 1.82) is 5.26 Å². The lowest BCUT2D eigenvalue weighted by atomic mass is 9.79. The second kappa shape index (κ2) is 9.78. The fourth-order valence-electron chi connectivity index (χ4n) is 4.19. The van der Waals surface area contributed by atoms with E-state index in [1.54, 1.807) is 24.3 Å². The van der Waals surface area contributed by atoms with Crippen molar-refractivity contribution in [3.8, 4) is 11.8 Å². The highest BCUT2D eigenvalue weighted by Crippen LogP contribution is 2.42. The molecule has 5 nitrogen and oxygen atoms in total. The number of benzene rings is 2. The van der Waals surface area contributed by atoms with Crippen molar-refractivity contribution >= 4 is 17.6 Å². The number of rotatable bonds is 7. The average Bonchev–Trinajstić information content (AvgIpc) is 2.73. The summed E-state index contributed by atoms with van der Waals surface area (Å²) in [5.74, 6) is -2.21. The highest BCUT2D eigenvalue weighted by atomic mass is 35.5. The van der Waals surface area contributed by atoms with Crippen molar-refractivity contribution in [2.45, 2.75) is 37.6 Å². The van der Waals surface area contributed by atoms with E-state index in [9.17, 15) is 20.3 Å². The molecule has 1 aliphatic rings. The summed E-state index contributed by atoms with van der Waals surface area (Å²) in [6.07, 6.45) is 3.56. The second-order valence-electron chi connectivity index (χ2n) is 7.55. The fraction of sp³-hybridized carbons (Fsp3) is 0.391. The third-order valence-electron chi connectivity index (χ3n) is 5.64. The maximum absolute atomic E-state index is 11.6. The molecule has 1 fully saturated rings. The Morgan fingerprint density at radius 2 is 1.62 bits per heavy atom. The van der Waals surface area contributed by atoms with E-state index in [1.807, 2.05) is 30.3 Å². The summed E-state index contributed by atoms with van der Waals surface area (Å²) in [6, 6.07) is 16.4. The number of aliphatic carboxylic acids is 1. The van der Waals surface area contributed by atoms with Gasteiger partial charge in [-0.15, -0.1) is 0 Å². The smallest absolute Gasteiger partial charge is 0.320 e. The molecule has 3 atom stereocenters. The number of nitrogens with zero attached hydrogens (tertiary/aromatic N) is 2. The molecule has 0 saturated carbocycles. The zero-order chi connectivity index (χ0) is 20.8. The van der Waals surface area contributed by atoms with Crippen LogP contribution in [0.15, 0.2) is 48.5 Å². The van der Waals surface area contributed by atoms with Gasteiger partial charge in [0.15, 0.2) is 0 Å². The molecule has 2 N–H and O–H groups in total. The predicted molar refractivity (Wildman–Crippen MR) is 112 cm³/mol. The van der Waals surface area contributed by atoms with Gasteiger partial charge < -0.3 is 10.2 Å². The Hall–Kier alpha value is -2.55. The van der Waals surface area contributed by atoms with Crippen LogP contribution in [0.3, 0.4) is 0 Å². The molecule has 6 heteroatoms. The van der Waals surface area contributed by atoms with E-state index in [0.29, 0.717) is 5.02 Å². The third kappa shape index (κ3) is 5.29. The topological polar surface area (TPSA) is 84.6 Å². The van der Waals surface area contributed by atoms with E-state index >= 15 is 0 Å². The van der Waals surface area contributed by atoms with Crippen LogP contribution in [0, 0.1) is 17.2 Å². The zero-order valence-electron chi connectivity index (χ0n) is 16.2. The summed E-state index contributed by atoms with van der Waals surface area (Å²) in [5, 5.41) is 29.3. The Morgan fingerprint density at radius 1 is 1.03 bits per heavy atom. The molecule has 3 rings (SSSR count). The standard InChI is InChI=1S/C23H25ClN2O3/c24-19-8-4-16(5-9-19)21(14-18(15-25)23(28)29)22(26-12-2-1-3-13-26)17-6-10-20(27)11-7-17/h4-11,18,21-22,27H,1-3,12-14H2,(H,28,29). The minimum atomic E-state index is -1.10. The molecule has 0 aliphatic carbocycles. The van der Waals surface area contributed by atoms with Gasteiger partial charge in [-0.2, -0.15) is 5.26 Å². The first-order valence-electron chi connectivity index (χ1n) is 9.90. The van der Waals surface area contributed by atoms with Gasteiger partial charge in [-0.1, -0.05) is 42.3 Å². The van der Waals surface area contributed by atoms with Gasteiger partial charge in [0.25, 0.3) is 0 Å². The van der Waals surface area contributed by atoms with E-state index < -0.39 is 11.9 Å². The minimum absolute atomic E-state index is 0.0905. The molecule has 0 bridgehead atoms. The number of piperidine rings is 1. The van der Waals surface area contributed by atoms with E-state index in [4.69, 9.17) is 11.6 Å². The number of aromatic hydroxyl groups is 1. The van der Waals surface area contributed by atoms with Gasteiger partial charge in [0.05, 0.1) is 6.07 Å². The predicted octanol–water partition coefficient (Wildman–Crippen LogP) is 4.97. The molecule has 1 aliphatic heterocycles. The Labute approximate surface area is 176 Å². The van der Waals surface area contributed by atoms with Crippen LogP contribution < -0.4 is 0 Å². The summed E-state index contributed by atoms with van der Waals surface area (Å²) in [7, 11) is 0. The van der Waals surface area contributed by atoms with Crippen LogP contribution in [0.25, 0.3) is 0 Å². The number of hydrogen-bond donors (Lipinski definition) is 2. The molecule has 2 aromatic rings. The van der Waals surface area contributed by atoms with Crippen LogP contribution in [0.5, 0.6) is 5.75 Å². The normalized spacial score (nSPS) is 17.8. The maximum Gasteiger partial charge on any atom is 0.320 e. The average molecular weight is 413 g/mol. The maximum atomic E-state index is 11.6. The molecule has 0 aromatic heterocycles. The lowest BCUT2D eigenvalue weighted by Gasteiger charge is -2.40. The molecule has 0 amide bonds. The largest absolute Gasteiger partial charge is 0.508 e. The van der Waals surface area contributed by atoms with Crippen molar-refractivity contribution in [2.75, 3.05) is 13.1 Å². The number of likely N-dealkylation sites (tertiary alicyclic amines) is 1. The van der Waals surface area contributed by atoms with Crippen LogP contribution >= 0.6 is 11.6 Å². The van der Waals surface area contributed by atoms with Crippen molar-refractivity contribution < 1.29 is 15.0 Å². The van der Waals surface area contributed by atoms with Gasteiger partial charge in [0, 0.05) is 17.0 Å². The van der Waals surface area contributed by atoms with E-state index in [1.165, 1.54) is 6.42 Å². The van der Waals surface area contributed by atoms with Gasteiger partial charge in [-0.05, 0) is 67.7 Å². The number of phenolic OH excluding ortho intramolecular Hbond substituents is 1. The number of carboxylic acids is 1. The van der Waals surface area contributed by atoms with E-state index in [2.05, 4.69) is 4.90 Å². The van der Waals surface area contributed by atoms with Crippen molar-refractivity contribution in [3.05, 3.63) is 64.7 Å². The van der Waals surface area contributed by atoms with Crippen molar-refractivity contribution in [2.24, 2.45) is 5.92 Å². The van der Waals surface area contributed by atoms with Gasteiger partial charge >= 0.3 is 5.97 Å². The van der Waals surface area contributed by atoms with Crippen molar-refractivity contribution in [1.82, 2.24) is 4.90 Å². The molecule has 0 radical (unpaired) electrons. The Bertz CT molecular complexity index is 855. The van der Waals surface area contributed by atoms with Crippen molar-refractivity contribution in [3.63, 3.8) is 0 Å². The molecule has 2 aromatic carbocycles. The van der Waals surface area contributed by atoms with Gasteiger partial charge in [0.2, 0.25) is 0 Å². The molecule has 1 saturated heterocycles. The fourth-order valence-corrected chi connectivity index (χ4v) is 4.31. The van der Waals surface area contributed by atoms with Crippen LogP contribution in [-0.2, 0) is 4.79 Å². The zero-order valence-corrected chi connectivity index (χ0v) is 16.9. The monoisotopic (exact) mass is 412 g/mol. The van der Waals surface area contributed by atoms with E-state index in [-0.39, 0.29) is 24.1 Å². The number of nitriles is 1. The van der Waals surface area contributed by atoms with Gasteiger partial charge in [-0.3, -0.25) is 9.69 Å². The van der Waals surface area contributed by atoms with Crippen LogP contribution in [-0.4, -0.2) is 34.2 Å². The number of halogens is 1. The highest BCUT2D eigenvalue weighted by molar-refractivity contribution is 6.30. The summed E-state index contributed by atoms with van der Waals surface area (Å²) in [4.78, 5) is 14.0. The lowest BCUT2D eigenvalue weighted by Crippen LogP contribution is -2.37. The Balaban J connectivity index is 2.07. The summed E-state index contributed by atoms with van der Waals surface area (Å²) in [6.45, 7) is 1.83. The molecule has 1 heterocycles. The number of carbonyl (C=O) groups is 1. The molecule has 0 spiro atoms. The SMILES string of the molecule is N#CC(CC(c1ccc(Cl)cc1)C(c1ccc(O)cc1)N1CCCCC1)C(=O)O. The van der Waals surface area contributed by atoms with Gasteiger partial charge in [-0.25, -0.2) is 0 Å². The lowest BCUT2D eigenvalue weighted by molar-refractivity contribution is -0.140. The molecular weight excluding hydrogens is 388 g/mol. The highest BCUT2D eigenvalue weighted by Gasteiger charge is 2.34. The minimum Gasteiger partial charge on any atom is -0.508 e. The summed E-state index contributed by atoms with van der Waals surface area (Å²) in [5.41, 5.74) is 1.96. The first kappa shape index (κ1) is 21.2. The summed E-state index contributed by atoms with van der Waals surface area (Å²) < 4.78 is 0. The number of hydrogen-bond acceptors (Lipinski definition) is 4. The second-order valence-corrected chi connectivity index (χ2v) is 7.98. The third-order valence-corrected chi connectivity index (χ3v) is 5.89. The number of carboxylic acid groups (broad SMARTS) is 1. The molecule has 152 valence electrons. The van der Waals surface area contributed by atoms with Gasteiger partial charge in [0.1, 0.15) is 11.7 Å². The van der Waals surface area contributed by atoms with Crippen LogP contribution in [0.1, 0.15) is 48.8 Å².